The molecule has 0 saturated carbocycles. The molecule has 2 aromatic carbocycles. The molecule has 2 heterocycles. The Bertz CT molecular complexity index is 939. The van der Waals surface area contributed by atoms with E-state index in [2.05, 4.69) is 0 Å². The molecule has 142 valence electrons. The van der Waals surface area contributed by atoms with E-state index in [1.807, 2.05) is 58.3 Å². The van der Waals surface area contributed by atoms with E-state index in [4.69, 9.17) is 4.74 Å². The molecule has 1 aliphatic heterocycles. The summed E-state index contributed by atoms with van der Waals surface area (Å²) in [5, 5.41) is 0. The molecule has 1 amide bonds. The number of aromatic nitrogens is 1. The van der Waals surface area contributed by atoms with Crippen molar-refractivity contribution >= 4 is 11.9 Å². The fraction of sp³-hybridized carbons (Fsp3) is 0.217. The minimum Gasteiger partial charge on any atom is -0.457 e. The first-order valence-corrected chi connectivity index (χ1v) is 9.49. The number of hydrogen-bond donors (Lipinski definition) is 0. The number of nitrogens with zero attached hydrogens (tertiary/aromatic N) is 2. The minimum absolute atomic E-state index is 0.0730. The fourth-order valence-electron chi connectivity index (χ4n) is 3.35. The predicted molar refractivity (Wildman–Crippen MR) is 106 cm³/mol. The number of esters is 1. The monoisotopic (exact) mass is 374 g/mol. The number of rotatable bonds is 5. The number of likely N-dealkylation sites (tertiary alicyclic amines) is 1. The Balaban J connectivity index is 1.33. The highest BCUT2D eigenvalue weighted by molar-refractivity contribution is 5.94. The minimum atomic E-state index is -0.365. The maximum atomic E-state index is 12.4. The maximum absolute atomic E-state index is 12.4. The topological polar surface area (TPSA) is 51.5 Å². The second kappa shape index (κ2) is 8.13. The summed E-state index contributed by atoms with van der Waals surface area (Å²) in [4.78, 5) is 26.5. The van der Waals surface area contributed by atoms with Crippen LogP contribution in [0.15, 0.2) is 73.1 Å². The first-order valence-electron chi connectivity index (χ1n) is 9.49. The van der Waals surface area contributed by atoms with Crippen molar-refractivity contribution in [3.8, 4) is 5.69 Å². The summed E-state index contributed by atoms with van der Waals surface area (Å²) < 4.78 is 7.38. The molecule has 0 unspecified atom stereocenters. The van der Waals surface area contributed by atoms with Gasteiger partial charge in [0.2, 0.25) is 0 Å². The summed E-state index contributed by atoms with van der Waals surface area (Å²) in [7, 11) is 0. The van der Waals surface area contributed by atoms with Crippen molar-refractivity contribution in [3.05, 3.63) is 89.7 Å². The van der Waals surface area contributed by atoms with Crippen LogP contribution in [0.5, 0.6) is 0 Å². The first-order chi connectivity index (χ1) is 13.7. The average Bonchev–Trinajstić information content (AvgIpc) is 3.46. The summed E-state index contributed by atoms with van der Waals surface area (Å²) in [6.45, 7) is 1.85. The molecular weight excluding hydrogens is 352 g/mol. The Morgan fingerprint density at radius 1 is 0.821 bits per heavy atom. The van der Waals surface area contributed by atoms with Gasteiger partial charge in [0, 0.05) is 36.7 Å². The van der Waals surface area contributed by atoms with Crippen molar-refractivity contribution in [1.82, 2.24) is 9.47 Å². The third kappa shape index (κ3) is 3.98. The smallest absolute Gasteiger partial charge is 0.338 e. The van der Waals surface area contributed by atoms with Crippen LogP contribution in [0.25, 0.3) is 5.69 Å². The number of carbonyl (C=O) groups excluding carboxylic acids is 2. The van der Waals surface area contributed by atoms with E-state index in [-0.39, 0.29) is 18.5 Å². The molecule has 5 nitrogen and oxygen atoms in total. The molecule has 4 rings (SSSR count). The molecule has 0 aliphatic carbocycles. The maximum Gasteiger partial charge on any atom is 0.338 e. The standard InChI is InChI=1S/C23H22N2O3/c26-22(25-15-3-4-16-25)19-7-5-18(6-8-19)17-28-23(27)20-9-11-21(12-10-20)24-13-1-2-14-24/h1-2,5-14H,3-4,15-17H2. The molecular formula is C23H22N2O3. The SMILES string of the molecule is O=C(OCc1ccc(C(=O)N2CCCC2)cc1)c1ccc(-n2cccc2)cc1. The molecule has 0 atom stereocenters. The second-order valence-corrected chi connectivity index (χ2v) is 6.91. The number of amides is 1. The van der Waals surface area contributed by atoms with Gasteiger partial charge < -0.3 is 14.2 Å². The van der Waals surface area contributed by atoms with E-state index in [9.17, 15) is 9.59 Å². The van der Waals surface area contributed by atoms with Crippen LogP contribution in [-0.4, -0.2) is 34.4 Å². The summed E-state index contributed by atoms with van der Waals surface area (Å²) >= 11 is 0. The van der Waals surface area contributed by atoms with Crippen LogP contribution in [0.2, 0.25) is 0 Å². The third-order valence-electron chi connectivity index (χ3n) is 4.97. The quantitative estimate of drug-likeness (QED) is 0.633. The molecule has 28 heavy (non-hydrogen) atoms. The van der Waals surface area contributed by atoms with Crippen LogP contribution < -0.4 is 0 Å². The zero-order valence-corrected chi connectivity index (χ0v) is 15.6. The van der Waals surface area contributed by atoms with Gasteiger partial charge in [0.25, 0.3) is 5.91 Å². The molecule has 5 heteroatoms. The Morgan fingerprint density at radius 3 is 2.07 bits per heavy atom. The molecule has 1 saturated heterocycles. The van der Waals surface area contributed by atoms with Crippen molar-refractivity contribution in [1.29, 1.82) is 0 Å². The summed E-state index contributed by atoms with van der Waals surface area (Å²) in [6.07, 6.45) is 6.05. The number of carbonyl (C=O) groups is 2. The van der Waals surface area contributed by atoms with Gasteiger partial charge in [-0.05, 0) is 66.9 Å². The van der Waals surface area contributed by atoms with Crippen molar-refractivity contribution in [3.63, 3.8) is 0 Å². The lowest BCUT2D eigenvalue weighted by molar-refractivity contribution is 0.0472. The highest BCUT2D eigenvalue weighted by Gasteiger charge is 2.19. The van der Waals surface area contributed by atoms with Crippen LogP contribution in [-0.2, 0) is 11.3 Å². The largest absolute Gasteiger partial charge is 0.457 e. The highest BCUT2D eigenvalue weighted by Crippen LogP contribution is 2.15. The molecule has 0 N–H and O–H groups in total. The molecule has 0 spiro atoms. The van der Waals surface area contributed by atoms with E-state index >= 15 is 0 Å². The second-order valence-electron chi connectivity index (χ2n) is 6.91. The summed E-state index contributed by atoms with van der Waals surface area (Å²) in [6, 6.07) is 18.5. The van der Waals surface area contributed by atoms with Gasteiger partial charge in [-0.25, -0.2) is 4.79 Å². The molecule has 1 aliphatic rings. The van der Waals surface area contributed by atoms with Crippen LogP contribution in [0.1, 0.15) is 39.1 Å². The number of hydrogen-bond acceptors (Lipinski definition) is 3. The Morgan fingerprint density at radius 2 is 1.43 bits per heavy atom. The Kier molecular flexibility index (Phi) is 5.24. The van der Waals surface area contributed by atoms with Gasteiger partial charge in [-0.2, -0.15) is 0 Å². The lowest BCUT2D eigenvalue weighted by Gasteiger charge is -2.15. The predicted octanol–water partition coefficient (Wildman–Crippen LogP) is 4.07. The van der Waals surface area contributed by atoms with Crippen molar-refractivity contribution in [2.45, 2.75) is 19.4 Å². The van der Waals surface area contributed by atoms with Crippen molar-refractivity contribution in [2.75, 3.05) is 13.1 Å². The zero-order chi connectivity index (χ0) is 19.3. The fourth-order valence-corrected chi connectivity index (χ4v) is 3.35. The molecule has 0 bridgehead atoms. The van der Waals surface area contributed by atoms with E-state index in [0.717, 1.165) is 37.2 Å². The van der Waals surface area contributed by atoms with Crippen LogP contribution in [0.3, 0.4) is 0 Å². The van der Waals surface area contributed by atoms with Gasteiger partial charge in [-0.1, -0.05) is 12.1 Å². The average molecular weight is 374 g/mol. The van der Waals surface area contributed by atoms with Gasteiger partial charge in [-0.15, -0.1) is 0 Å². The van der Waals surface area contributed by atoms with Gasteiger partial charge >= 0.3 is 5.97 Å². The number of ether oxygens (including phenoxy) is 1. The Labute approximate surface area is 164 Å². The lowest BCUT2D eigenvalue weighted by Crippen LogP contribution is -2.27. The van der Waals surface area contributed by atoms with Crippen LogP contribution >= 0.6 is 0 Å². The van der Waals surface area contributed by atoms with E-state index < -0.39 is 0 Å². The van der Waals surface area contributed by atoms with Crippen LogP contribution in [0, 0.1) is 0 Å². The van der Waals surface area contributed by atoms with Gasteiger partial charge in [0.15, 0.2) is 0 Å². The Hall–Kier alpha value is -3.34. The van der Waals surface area contributed by atoms with Gasteiger partial charge in [0.1, 0.15) is 6.61 Å². The molecule has 1 fully saturated rings. The highest BCUT2D eigenvalue weighted by atomic mass is 16.5. The normalized spacial score (nSPS) is 13.5. The van der Waals surface area contributed by atoms with E-state index in [0.29, 0.717) is 11.1 Å². The van der Waals surface area contributed by atoms with E-state index in [1.54, 1.807) is 24.3 Å². The van der Waals surface area contributed by atoms with E-state index in [1.165, 1.54) is 0 Å². The van der Waals surface area contributed by atoms with Crippen LogP contribution in [0.4, 0.5) is 0 Å². The third-order valence-corrected chi connectivity index (χ3v) is 4.97. The molecule has 0 radical (unpaired) electrons. The number of benzene rings is 2. The molecule has 1 aromatic heterocycles. The van der Waals surface area contributed by atoms with Crippen molar-refractivity contribution < 1.29 is 14.3 Å². The first kappa shape index (κ1) is 18.0. The van der Waals surface area contributed by atoms with Gasteiger partial charge in [0.05, 0.1) is 5.56 Å². The zero-order valence-electron chi connectivity index (χ0n) is 15.6. The summed E-state index contributed by atoms with van der Waals surface area (Å²) in [5.41, 5.74) is 3.03. The lowest BCUT2D eigenvalue weighted by atomic mass is 10.1. The van der Waals surface area contributed by atoms with Crippen molar-refractivity contribution in [2.24, 2.45) is 0 Å². The summed E-state index contributed by atoms with van der Waals surface area (Å²) in [5.74, 6) is -0.292. The van der Waals surface area contributed by atoms with Gasteiger partial charge in [-0.3, -0.25) is 4.79 Å². The molecule has 3 aromatic rings.